The van der Waals surface area contributed by atoms with Crippen LogP contribution in [0.3, 0.4) is 0 Å². The molecule has 0 fully saturated rings. The summed E-state index contributed by atoms with van der Waals surface area (Å²) in [6, 6.07) is 0.283. The SMILES string of the molecule is C=CCOC(=O)N[C@@H](Cc1cc(C)c(OC)c(O[Si](C)(C)C(C)(C)C)c1)[C@H](C#N)N1[C@H](CO)C=c2c(OCC=C)c(C)c3c(c2[C@@H]1COC(=O)[C@H](CS)NC(=O)OCC(Cl)(Cl)Cl)OC[O+]=3. The number of benzene rings is 2. The minimum Gasteiger partial charge on any atom is -0.541 e. The molecule has 0 saturated heterocycles. The monoisotopic (exact) mass is 999 g/mol. The number of amides is 2. The second-order valence-electron chi connectivity index (χ2n) is 16.7. The van der Waals surface area contributed by atoms with Crippen LogP contribution in [0.15, 0.2) is 41.9 Å². The molecule has 2 aromatic rings. The van der Waals surface area contributed by atoms with Crippen LogP contribution in [0, 0.1) is 25.2 Å². The summed E-state index contributed by atoms with van der Waals surface area (Å²) in [6.07, 6.45) is 2.80. The maximum Gasteiger partial charge on any atom is 0.412 e. The normalized spacial score (nSPS) is 17.2. The highest BCUT2D eigenvalue weighted by molar-refractivity contribution is 7.80. The van der Waals surface area contributed by atoms with E-state index in [2.05, 4.69) is 76.4 Å². The Morgan fingerprint density at radius 3 is 2.35 bits per heavy atom. The van der Waals surface area contributed by atoms with Crippen LogP contribution >= 0.6 is 47.4 Å². The number of nitrogens with one attached hydrogen (secondary N) is 2. The Labute approximate surface area is 400 Å². The minimum atomic E-state index is -2.41. The second-order valence-corrected chi connectivity index (χ2v) is 24.4. The number of halogens is 3. The number of alkyl halides is 3. The smallest absolute Gasteiger partial charge is 0.412 e. The largest absolute Gasteiger partial charge is 0.541 e. The van der Waals surface area contributed by atoms with Crippen LogP contribution < -0.4 is 39.9 Å². The Morgan fingerprint density at radius 1 is 1.09 bits per heavy atom. The Hall–Kier alpha value is -4.35. The second kappa shape index (κ2) is 22.9. The molecule has 65 heavy (non-hydrogen) atoms. The van der Waals surface area contributed by atoms with Gasteiger partial charge in [-0.1, -0.05) is 93.0 Å². The summed E-state index contributed by atoms with van der Waals surface area (Å²) in [7, 11) is -0.849. The van der Waals surface area contributed by atoms with Gasteiger partial charge < -0.3 is 48.6 Å². The number of hydrogen-bond acceptors (Lipinski definition) is 14. The fourth-order valence-corrected chi connectivity index (χ4v) is 8.57. The highest BCUT2D eigenvalue weighted by Crippen LogP contribution is 2.42. The number of aryl methyl sites for hydroxylation is 1. The highest BCUT2D eigenvalue weighted by atomic mass is 35.6. The number of carbonyl (C=O) groups excluding carboxylic acids is 3. The van der Waals surface area contributed by atoms with E-state index >= 15 is 0 Å². The van der Waals surface area contributed by atoms with Crippen molar-refractivity contribution in [2.24, 2.45) is 0 Å². The first-order valence-corrected chi connectivity index (χ1v) is 25.2. The molecule has 356 valence electrons. The molecule has 21 heteroatoms. The van der Waals surface area contributed by atoms with E-state index in [4.69, 9.17) is 72.1 Å². The molecule has 0 radical (unpaired) electrons. The summed E-state index contributed by atoms with van der Waals surface area (Å²) in [6.45, 7) is 19.8. The zero-order valence-corrected chi connectivity index (χ0v) is 41.9. The molecular formula is C44H58Cl3N4O12SSi+. The average Bonchev–Trinajstić information content (AvgIpc) is 3.73. The number of thiol groups is 1. The number of alkyl carbamates (subject to hydrolysis) is 2. The van der Waals surface area contributed by atoms with Gasteiger partial charge in [0.15, 0.2) is 5.75 Å². The number of aliphatic hydroxyl groups excluding tert-OH is 1. The molecule has 4 rings (SSSR count). The molecule has 3 N–H and O–H groups in total. The van der Waals surface area contributed by atoms with Gasteiger partial charge in [0.1, 0.15) is 50.0 Å². The molecule has 2 aromatic carbocycles. The lowest BCUT2D eigenvalue weighted by Gasteiger charge is -2.44. The van der Waals surface area contributed by atoms with Crippen molar-refractivity contribution in [3.8, 4) is 29.1 Å². The van der Waals surface area contributed by atoms with Crippen molar-refractivity contribution in [1.29, 1.82) is 5.26 Å². The van der Waals surface area contributed by atoms with E-state index in [-0.39, 0.29) is 43.0 Å². The lowest BCUT2D eigenvalue weighted by Crippen LogP contribution is -2.59. The highest BCUT2D eigenvalue weighted by Gasteiger charge is 2.46. The molecule has 2 aliphatic rings. The molecule has 2 amide bonds. The maximum atomic E-state index is 13.8. The van der Waals surface area contributed by atoms with Crippen LogP contribution in [0.25, 0.3) is 6.08 Å². The number of aliphatic hydroxyl groups is 1. The van der Waals surface area contributed by atoms with Crippen LogP contribution in [-0.2, 0) is 25.4 Å². The third kappa shape index (κ3) is 13.2. The van der Waals surface area contributed by atoms with E-state index in [0.717, 1.165) is 5.56 Å². The lowest BCUT2D eigenvalue weighted by molar-refractivity contribution is -0.148. The van der Waals surface area contributed by atoms with Crippen LogP contribution in [0.5, 0.6) is 23.0 Å². The van der Waals surface area contributed by atoms with E-state index in [0.29, 0.717) is 44.6 Å². The molecule has 0 spiro atoms. The summed E-state index contributed by atoms with van der Waals surface area (Å²) in [5.74, 6) is 0.545. The minimum absolute atomic E-state index is 0.0371. The van der Waals surface area contributed by atoms with Gasteiger partial charge in [-0.05, 0) is 55.6 Å². The summed E-state index contributed by atoms with van der Waals surface area (Å²) < 4.78 is 45.2. The number of nitriles is 1. The topological polar surface area (TPSA) is 198 Å². The zero-order chi connectivity index (χ0) is 48.4. The van der Waals surface area contributed by atoms with E-state index < -0.39 is 80.3 Å². The van der Waals surface area contributed by atoms with Crippen LogP contribution in [0.1, 0.15) is 49.1 Å². The van der Waals surface area contributed by atoms with Gasteiger partial charge >= 0.3 is 30.4 Å². The maximum absolute atomic E-state index is 13.8. The fourth-order valence-electron chi connectivity index (χ4n) is 7.16. The zero-order valence-electron chi connectivity index (χ0n) is 37.8. The number of ether oxygens (including phenoxy) is 6. The van der Waals surface area contributed by atoms with Crippen molar-refractivity contribution in [2.45, 2.75) is 93.2 Å². The Bertz CT molecular complexity index is 2270. The molecule has 0 bridgehead atoms. The first-order valence-electron chi connectivity index (χ1n) is 20.6. The predicted molar refractivity (Wildman–Crippen MR) is 254 cm³/mol. The van der Waals surface area contributed by atoms with Crippen LogP contribution in [-0.4, -0.2) is 117 Å². The van der Waals surface area contributed by atoms with Crippen molar-refractivity contribution in [1.82, 2.24) is 15.5 Å². The van der Waals surface area contributed by atoms with Gasteiger partial charge in [-0.25, -0.2) is 18.8 Å². The van der Waals surface area contributed by atoms with Gasteiger partial charge in [-0.3, -0.25) is 4.90 Å². The molecule has 0 unspecified atom stereocenters. The average molecular weight is 1000 g/mol. The first-order chi connectivity index (χ1) is 30.6. The number of methoxy groups -OCH3 is 1. The van der Waals surface area contributed by atoms with E-state index in [1.807, 2.05) is 19.1 Å². The van der Waals surface area contributed by atoms with Gasteiger partial charge in [0.25, 0.3) is 8.32 Å². The first kappa shape index (κ1) is 53.3. The van der Waals surface area contributed by atoms with E-state index in [9.17, 15) is 24.8 Å². The Morgan fingerprint density at radius 2 is 1.77 bits per heavy atom. The van der Waals surface area contributed by atoms with E-state index in [1.165, 1.54) is 6.08 Å². The molecular weight excluding hydrogens is 943 g/mol. The number of esters is 1. The summed E-state index contributed by atoms with van der Waals surface area (Å²) in [5.41, 5.74) is 2.76. The Balaban J connectivity index is 1.92. The third-order valence-corrected chi connectivity index (χ3v) is 16.2. The number of rotatable bonds is 20. The van der Waals surface area contributed by atoms with Gasteiger partial charge in [0.05, 0.1) is 43.5 Å². The number of fused-ring (bicyclic) bond motifs is 3. The van der Waals surface area contributed by atoms with E-state index in [1.54, 1.807) is 31.1 Å². The predicted octanol–water partition coefficient (Wildman–Crippen LogP) is 6.08. The van der Waals surface area contributed by atoms with Gasteiger partial charge in [0.2, 0.25) is 9.54 Å². The van der Waals surface area contributed by atoms with Crippen molar-refractivity contribution in [3.63, 3.8) is 0 Å². The van der Waals surface area contributed by atoms with Crippen molar-refractivity contribution in [3.05, 3.63) is 74.8 Å². The molecule has 0 saturated carbocycles. The standard InChI is InChI=1S/C44H57Cl3N4O12SSi/c1-11-13-57-37-26(4)38-39(62-24-61-38)35-29(37)18-28(20-52)51(33(35)21-59-40(53)31(22-64)50-42(55)60-23-44(45,46)47)32(19-48)30(49-41(54)58-14-12-2)16-27-15-25(3)36(56-8)34(17-27)63-65(9,10)43(5,6)7/h11-12,15,17-18,28,30-33,52H,1-2,13-14,16,20-24H2,3-10H3,(H2-,49,50,54,55,64)/p+1/t28-,30-,31-,32-,33-/m0/s1. The van der Waals surface area contributed by atoms with Gasteiger partial charge in [0, 0.05) is 16.5 Å². The number of carbonyl (C=O) groups is 3. The summed E-state index contributed by atoms with van der Waals surface area (Å²) >= 11 is 21.4. The van der Waals surface area contributed by atoms with Crippen LogP contribution in [0.4, 0.5) is 9.59 Å². The van der Waals surface area contributed by atoms with Crippen molar-refractivity contribution in [2.75, 3.05) is 52.7 Å². The Kier molecular flexibility index (Phi) is 18.8. The summed E-state index contributed by atoms with van der Waals surface area (Å²) in [5, 5.41) is 28.1. The molecule has 5 atom stereocenters. The lowest BCUT2D eigenvalue weighted by atomic mass is 9.88. The van der Waals surface area contributed by atoms with Crippen molar-refractivity contribution >= 4 is 80.0 Å². The summed E-state index contributed by atoms with van der Waals surface area (Å²) in [4.78, 5) is 41.5. The fraction of sp³-hybridized carbons (Fsp3) is 0.523. The number of hydrogen-bond donors (Lipinski definition) is 4. The molecule has 2 aliphatic heterocycles. The quantitative estimate of drug-likeness (QED) is 0.0227. The van der Waals surface area contributed by atoms with Gasteiger partial charge in [-0.2, -0.15) is 17.9 Å². The van der Waals surface area contributed by atoms with Crippen LogP contribution in [0.2, 0.25) is 18.1 Å². The van der Waals surface area contributed by atoms with Gasteiger partial charge in [-0.15, -0.1) is 0 Å². The molecule has 0 aliphatic carbocycles. The number of nitrogens with zero attached hydrogens (tertiary/aromatic N) is 2. The molecule has 16 nitrogen and oxygen atoms in total. The van der Waals surface area contributed by atoms with Crippen molar-refractivity contribution < 1.29 is 52.3 Å². The molecule has 2 heterocycles. The third-order valence-electron chi connectivity index (χ3n) is 11.2. The molecule has 0 aromatic heterocycles.